The van der Waals surface area contributed by atoms with Gasteiger partial charge >= 0.3 is 0 Å². The largest absolute Gasteiger partial charge is 0.381 e. The molecule has 2 N–H and O–H groups in total. The third-order valence-electron chi connectivity index (χ3n) is 3.19. The van der Waals surface area contributed by atoms with Gasteiger partial charge in [-0.1, -0.05) is 0 Å². The molecule has 1 aliphatic heterocycles. The molecule has 1 heterocycles. The monoisotopic (exact) mass is 173 g/mol. The van der Waals surface area contributed by atoms with E-state index in [0.717, 1.165) is 19.4 Å². The molecular formula is C9H16FNO. The third kappa shape index (κ3) is 1.36. The molecule has 2 aliphatic rings. The maximum atomic E-state index is 14.1. The van der Waals surface area contributed by atoms with Crippen LogP contribution in [-0.2, 0) is 4.74 Å². The van der Waals surface area contributed by atoms with E-state index in [1.54, 1.807) is 0 Å². The van der Waals surface area contributed by atoms with Crippen LogP contribution >= 0.6 is 0 Å². The van der Waals surface area contributed by atoms with Crippen LogP contribution in [0.15, 0.2) is 0 Å². The average Bonchev–Trinajstić information content (AvgIpc) is 2.59. The summed E-state index contributed by atoms with van der Waals surface area (Å²) < 4.78 is 19.3. The van der Waals surface area contributed by atoms with E-state index < -0.39 is 5.67 Å². The van der Waals surface area contributed by atoms with E-state index in [-0.39, 0.29) is 12.0 Å². The lowest BCUT2D eigenvalue weighted by Crippen LogP contribution is -2.32. The minimum Gasteiger partial charge on any atom is -0.381 e. The Balaban J connectivity index is 2.00. The van der Waals surface area contributed by atoms with Crippen molar-refractivity contribution in [1.82, 2.24) is 0 Å². The van der Waals surface area contributed by atoms with E-state index in [0.29, 0.717) is 19.4 Å². The van der Waals surface area contributed by atoms with Crippen LogP contribution in [0.3, 0.4) is 0 Å². The molecule has 1 saturated heterocycles. The molecule has 12 heavy (non-hydrogen) atoms. The van der Waals surface area contributed by atoms with E-state index in [2.05, 4.69) is 0 Å². The Hall–Kier alpha value is -0.150. The molecule has 0 aromatic carbocycles. The van der Waals surface area contributed by atoms with Crippen molar-refractivity contribution < 1.29 is 9.13 Å². The summed E-state index contributed by atoms with van der Waals surface area (Å²) >= 11 is 0. The van der Waals surface area contributed by atoms with Gasteiger partial charge in [0.1, 0.15) is 5.67 Å². The number of alkyl halides is 1. The fourth-order valence-electron chi connectivity index (χ4n) is 2.38. The molecule has 70 valence electrons. The molecular weight excluding hydrogens is 157 g/mol. The molecule has 1 saturated carbocycles. The highest BCUT2D eigenvalue weighted by atomic mass is 19.1. The summed E-state index contributed by atoms with van der Waals surface area (Å²) in [6.45, 7) is 1.33. The number of hydrogen-bond acceptors (Lipinski definition) is 2. The summed E-state index contributed by atoms with van der Waals surface area (Å²) in [5, 5.41) is 0. The molecule has 2 rings (SSSR count). The van der Waals surface area contributed by atoms with Crippen LogP contribution in [0.2, 0.25) is 0 Å². The molecule has 0 amide bonds. The summed E-state index contributed by atoms with van der Waals surface area (Å²) in [5.74, 6) is 0.117. The van der Waals surface area contributed by atoms with Gasteiger partial charge in [-0.15, -0.1) is 0 Å². The molecule has 3 heteroatoms. The van der Waals surface area contributed by atoms with Gasteiger partial charge in [0.05, 0.1) is 6.61 Å². The molecule has 0 radical (unpaired) electrons. The lowest BCUT2D eigenvalue weighted by atomic mass is 9.87. The molecule has 3 unspecified atom stereocenters. The van der Waals surface area contributed by atoms with Crippen molar-refractivity contribution in [3.63, 3.8) is 0 Å². The summed E-state index contributed by atoms with van der Waals surface area (Å²) in [4.78, 5) is 0. The normalized spacial score (nSPS) is 48.5. The van der Waals surface area contributed by atoms with Gasteiger partial charge in [0.15, 0.2) is 0 Å². The minimum absolute atomic E-state index is 0.0793. The smallest absolute Gasteiger partial charge is 0.117 e. The van der Waals surface area contributed by atoms with Crippen LogP contribution in [-0.4, -0.2) is 24.9 Å². The Labute approximate surface area is 72.3 Å². The van der Waals surface area contributed by atoms with E-state index in [4.69, 9.17) is 10.5 Å². The standard InChI is InChI=1S/C9H16FNO/c10-9(3-1-8(11)5-9)7-2-4-12-6-7/h7-8H,1-6,11H2. The van der Waals surface area contributed by atoms with Gasteiger partial charge in [0.25, 0.3) is 0 Å². The Bertz CT molecular complexity index is 170. The Morgan fingerprint density at radius 3 is 2.75 bits per heavy atom. The molecule has 0 aromatic rings. The first-order chi connectivity index (χ1) is 5.71. The lowest BCUT2D eigenvalue weighted by molar-refractivity contribution is 0.0721. The van der Waals surface area contributed by atoms with Gasteiger partial charge in [-0.25, -0.2) is 4.39 Å². The van der Waals surface area contributed by atoms with Gasteiger partial charge in [0.2, 0.25) is 0 Å². The number of ether oxygens (including phenoxy) is 1. The summed E-state index contributed by atoms with van der Waals surface area (Å²) in [7, 11) is 0. The molecule has 2 nitrogen and oxygen atoms in total. The van der Waals surface area contributed by atoms with Crippen LogP contribution in [0.25, 0.3) is 0 Å². The van der Waals surface area contributed by atoms with E-state index in [9.17, 15) is 4.39 Å². The van der Waals surface area contributed by atoms with E-state index in [1.807, 2.05) is 0 Å². The minimum atomic E-state index is -1.00. The van der Waals surface area contributed by atoms with Gasteiger partial charge in [0, 0.05) is 18.6 Å². The Morgan fingerprint density at radius 2 is 2.25 bits per heavy atom. The van der Waals surface area contributed by atoms with Crippen molar-refractivity contribution in [3.05, 3.63) is 0 Å². The maximum absolute atomic E-state index is 14.1. The van der Waals surface area contributed by atoms with Crippen molar-refractivity contribution in [2.24, 2.45) is 11.7 Å². The van der Waals surface area contributed by atoms with Crippen molar-refractivity contribution in [2.75, 3.05) is 13.2 Å². The summed E-state index contributed by atoms with van der Waals surface area (Å²) in [6.07, 6.45) is 2.90. The highest BCUT2D eigenvalue weighted by Gasteiger charge is 2.45. The van der Waals surface area contributed by atoms with Crippen LogP contribution in [0.4, 0.5) is 4.39 Å². The predicted molar refractivity (Wildman–Crippen MR) is 44.6 cm³/mol. The summed E-state index contributed by atoms with van der Waals surface area (Å²) in [5.41, 5.74) is 4.69. The number of rotatable bonds is 1. The second kappa shape index (κ2) is 2.96. The van der Waals surface area contributed by atoms with E-state index in [1.165, 1.54) is 0 Å². The quantitative estimate of drug-likeness (QED) is 0.647. The van der Waals surface area contributed by atoms with Gasteiger partial charge in [-0.05, 0) is 25.7 Å². The zero-order valence-corrected chi connectivity index (χ0v) is 7.26. The first-order valence-electron chi connectivity index (χ1n) is 4.73. The molecule has 0 bridgehead atoms. The Morgan fingerprint density at radius 1 is 1.42 bits per heavy atom. The average molecular weight is 173 g/mol. The topological polar surface area (TPSA) is 35.2 Å². The molecule has 2 fully saturated rings. The van der Waals surface area contributed by atoms with Crippen LogP contribution in [0, 0.1) is 5.92 Å². The lowest BCUT2D eigenvalue weighted by Gasteiger charge is -2.25. The SMILES string of the molecule is NC1CCC(F)(C2CCOC2)C1. The first kappa shape index (κ1) is 8.45. The van der Waals surface area contributed by atoms with Crippen LogP contribution in [0.1, 0.15) is 25.7 Å². The molecule has 0 aromatic heterocycles. The Kier molecular flexibility index (Phi) is 2.09. The van der Waals surface area contributed by atoms with Crippen LogP contribution < -0.4 is 5.73 Å². The zero-order chi connectivity index (χ0) is 8.60. The number of nitrogens with two attached hydrogens (primary N) is 1. The number of hydrogen-bond donors (Lipinski definition) is 1. The highest BCUT2D eigenvalue weighted by molar-refractivity contribution is 4.97. The van der Waals surface area contributed by atoms with E-state index >= 15 is 0 Å². The fourth-order valence-corrected chi connectivity index (χ4v) is 2.38. The number of halogens is 1. The predicted octanol–water partition coefficient (Wildman–Crippen LogP) is 1.24. The van der Waals surface area contributed by atoms with Crippen molar-refractivity contribution in [1.29, 1.82) is 0 Å². The van der Waals surface area contributed by atoms with Gasteiger partial charge in [-0.3, -0.25) is 0 Å². The summed E-state index contributed by atoms with van der Waals surface area (Å²) in [6, 6.07) is 0.0793. The molecule has 0 spiro atoms. The van der Waals surface area contributed by atoms with Crippen molar-refractivity contribution in [2.45, 2.75) is 37.4 Å². The van der Waals surface area contributed by atoms with Crippen molar-refractivity contribution >= 4 is 0 Å². The van der Waals surface area contributed by atoms with Gasteiger partial charge < -0.3 is 10.5 Å². The second-order valence-electron chi connectivity index (χ2n) is 4.10. The maximum Gasteiger partial charge on any atom is 0.117 e. The third-order valence-corrected chi connectivity index (χ3v) is 3.19. The second-order valence-corrected chi connectivity index (χ2v) is 4.10. The highest BCUT2D eigenvalue weighted by Crippen LogP contribution is 2.42. The molecule has 1 aliphatic carbocycles. The zero-order valence-electron chi connectivity index (χ0n) is 7.26. The molecule has 3 atom stereocenters. The van der Waals surface area contributed by atoms with Crippen molar-refractivity contribution in [3.8, 4) is 0 Å². The fraction of sp³-hybridized carbons (Fsp3) is 1.00. The van der Waals surface area contributed by atoms with Crippen LogP contribution in [0.5, 0.6) is 0 Å². The first-order valence-corrected chi connectivity index (χ1v) is 4.73. The van der Waals surface area contributed by atoms with Gasteiger partial charge in [-0.2, -0.15) is 0 Å².